The van der Waals surface area contributed by atoms with Gasteiger partial charge in [-0.05, 0) is 55.0 Å². The number of furan rings is 1. The maximum atomic E-state index is 6.08. The molecule has 0 unspecified atom stereocenters. The van der Waals surface area contributed by atoms with Crippen LogP contribution in [0.5, 0.6) is 0 Å². The molecule has 0 spiro atoms. The number of hydrogen-bond acceptors (Lipinski definition) is 3. The first-order chi connectivity index (χ1) is 11.2. The summed E-state index contributed by atoms with van der Waals surface area (Å²) in [6.07, 6.45) is 3.64. The van der Waals surface area contributed by atoms with E-state index in [0.717, 1.165) is 34.2 Å². The lowest BCUT2D eigenvalue weighted by Crippen LogP contribution is -1.96. The molecule has 0 aliphatic carbocycles. The molecule has 4 nitrogen and oxygen atoms in total. The Labute approximate surface area is 138 Å². The summed E-state index contributed by atoms with van der Waals surface area (Å²) >= 11 is 6.08. The van der Waals surface area contributed by atoms with Crippen LogP contribution >= 0.6 is 11.6 Å². The summed E-state index contributed by atoms with van der Waals surface area (Å²) in [6.45, 7) is 2.05. The topological polar surface area (TPSA) is 42.5 Å². The molecule has 0 saturated heterocycles. The summed E-state index contributed by atoms with van der Waals surface area (Å²) in [5.74, 6) is 1.56. The normalized spacial score (nSPS) is 11.0. The van der Waals surface area contributed by atoms with Crippen molar-refractivity contribution in [3.8, 4) is 11.5 Å². The van der Waals surface area contributed by atoms with Crippen molar-refractivity contribution < 1.29 is 4.42 Å². The Morgan fingerprint density at radius 2 is 2.04 bits per heavy atom. The lowest BCUT2D eigenvalue weighted by atomic mass is 10.3. The van der Waals surface area contributed by atoms with Gasteiger partial charge in [0.05, 0.1) is 6.26 Å². The number of benzene rings is 1. The Hall–Kier alpha value is -2.72. The first kappa shape index (κ1) is 13.9. The number of aromatic nitrogens is 2. The van der Waals surface area contributed by atoms with E-state index >= 15 is 0 Å². The van der Waals surface area contributed by atoms with Crippen LogP contribution in [0.15, 0.2) is 65.4 Å². The molecule has 0 bridgehead atoms. The van der Waals surface area contributed by atoms with Crippen LogP contribution in [0.25, 0.3) is 17.1 Å². The highest BCUT2D eigenvalue weighted by Gasteiger charge is 2.16. The Morgan fingerprint density at radius 1 is 1.13 bits per heavy atom. The average Bonchev–Trinajstić information content (AvgIpc) is 3.15. The van der Waals surface area contributed by atoms with Gasteiger partial charge >= 0.3 is 0 Å². The number of fused-ring (bicyclic) bond motifs is 1. The molecule has 0 saturated carbocycles. The van der Waals surface area contributed by atoms with Crippen LogP contribution in [-0.2, 0) is 0 Å². The summed E-state index contributed by atoms with van der Waals surface area (Å²) < 4.78 is 7.55. The van der Waals surface area contributed by atoms with Crippen molar-refractivity contribution in [2.75, 3.05) is 5.32 Å². The van der Waals surface area contributed by atoms with Crippen molar-refractivity contribution in [3.05, 3.63) is 71.6 Å². The molecule has 0 aliphatic heterocycles. The van der Waals surface area contributed by atoms with Crippen molar-refractivity contribution >= 4 is 28.8 Å². The van der Waals surface area contributed by atoms with Crippen molar-refractivity contribution in [2.24, 2.45) is 0 Å². The minimum Gasteiger partial charge on any atom is -0.463 e. The fourth-order valence-corrected chi connectivity index (χ4v) is 2.74. The fourth-order valence-electron chi connectivity index (χ4n) is 2.55. The third-order valence-corrected chi connectivity index (χ3v) is 3.86. The van der Waals surface area contributed by atoms with Crippen molar-refractivity contribution in [1.29, 1.82) is 0 Å². The predicted octanol–water partition coefficient (Wildman–Crippen LogP) is 5.30. The Morgan fingerprint density at radius 3 is 2.83 bits per heavy atom. The molecule has 3 heterocycles. The summed E-state index contributed by atoms with van der Waals surface area (Å²) in [4.78, 5) is 4.71. The Bertz CT molecular complexity index is 973. The fraction of sp³-hybridized carbons (Fsp3) is 0.0556. The van der Waals surface area contributed by atoms with E-state index in [1.807, 2.05) is 66.1 Å². The summed E-state index contributed by atoms with van der Waals surface area (Å²) in [6, 6.07) is 15.4. The molecule has 23 heavy (non-hydrogen) atoms. The first-order valence-electron chi connectivity index (χ1n) is 7.26. The second-order valence-electron chi connectivity index (χ2n) is 5.35. The molecule has 0 aliphatic rings. The molecule has 0 atom stereocenters. The Kier molecular flexibility index (Phi) is 3.32. The second kappa shape index (κ2) is 5.48. The van der Waals surface area contributed by atoms with Crippen LogP contribution in [0.1, 0.15) is 5.56 Å². The highest BCUT2D eigenvalue weighted by atomic mass is 35.5. The number of anilines is 2. The largest absolute Gasteiger partial charge is 0.463 e. The zero-order valence-corrected chi connectivity index (χ0v) is 13.2. The van der Waals surface area contributed by atoms with Gasteiger partial charge in [-0.25, -0.2) is 4.98 Å². The third-order valence-electron chi connectivity index (χ3n) is 3.62. The van der Waals surface area contributed by atoms with E-state index < -0.39 is 0 Å². The van der Waals surface area contributed by atoms with E-state index in [-0.39, 0.29) is 0 Å². The van der Waals surface area contributed by atoms with Gasteiger partial charge in [0, 0.05) is 16.9 Å². The van der Waals surface area contributed by atoms with Crippen LogP contribution in [0, 0.1) is 6.92 Å². The van der Waals surface area contributed by atoms with Crippen LogP contribution < -0.4 is 5.32 Å². The smallest absolute Gasteiger partial charge is 0.156 e. The van der Waals surface area contributed by atoms with E-state index in [9.17, 15) is 0 Å². The molecule has 0 radical (unpaired) electrons. The van der Waals surface area contributed by atoms with E-state index in [0.29, 0.717) is 5.02 Å². The van der Waals surface area contributed by atoms with Gasteiger partial charge in [0.25, 0.3) is 0 Å². The predicted molar refractivity (Wildman–Crippen MR) is 92.4 cm³/mol. The van der Waals surface area contributed by atoms with Crippen LogP contribution in [-0.4, -0.2) is 9.38 Å². The minimum absolute atomic E-state index is 0.680. The monoisotopic (exact) mass is 323 g/mol. The van der Waals surface area contributed by atoms with Gasteiger partial charge < -0.3 is 9.73 Å². The van der Waals surface area contributed by atoms with E-state index in [1.165, 1.54) is 0 Å². The molecular weight excluding hydrogens is 310 g/mol. The molecule has 114 valence electrons. The molecule has 5 heteroatoms. The van der Waals surface area contributed by atoms with E-state index in [4.69, 9.17) is 21.0 Å². The number of nitrogens with zero attached hydrogens (tertiary/aromatic N) is 2. The van der Waals surface area contributed by atoms with Gasteiger partial charge in [-0.2, -0.15) is 0 Å². The maximum absolute atomic E-state index is 6.08. The second-order valence-corrected chi connectivity index (χ2v) is 5.79. The van der Waals surface area contributed by atoms with Crippen molar-refractivity contribution in [1.82, 2.24) is 9.38 Å². The Balaban J connectivity index is 1.90. The lowest BCUT2D eigenvalue weighted by molar-refractivity contribution is 0.581. The van der Waals surface area contributed by atoms with Crippen LogP contribution in [0.3, 0.4) is 0 Å². The van der Waals surface area contributed by atoms with Gasteiger partial charge in [0.2, 0.25) is 0 Å². The SMILES string of the molecule is Cc1ccn2c(Nc3cccc(Cl)c3)c(-c3ccco3)nc2c1. The molecule has 1 N–H and O–H groups in total. The van der Waals surface area contributed by atoms with Crippen LogP contribution in [0.4, 0.5) is 11.5 Å². The standard InChI is InChI=1S/C18H14ClN3O/c1-12-7-8-22-16(10-12)21-17(15-6-3-9-23-15)18(22)20-14-5-2-4-13(19)11-14/h2-11,20H,1H3. The van der Waals surface area contributed by atoms with Crippen molar-refractivity contribution in [2.45, 2.75) is 6.92 Å². The number of aryl methyl sites for hydroxylation is 1. The number of hydrogen-bond donors (Lipinski definition) is 1. The lowest BCUT2D eigenvalue weighted by Gasteiger charge is -2.08. The van der Waals surface area contributed by atoms with Gasteiger partial charge in [-0.1, -0.05) is 17.7 Å². The summed E-state index contributed by atoms with van der Waals surface area (Å²) in [5.41, 5.74) is 3.68. The van der Waals surface area contributed by atoms with Gasteiger partial charge in [0.1, 0.15) is 17.2 Å². The molecule has 0 fully saturated rings. The minimum atomic E-state index is 0.680. The molecular formula is C18H14ClN3O. The zero-order valence-electron chi connectivity index (χ0n) is 12.5. The number of halogens is 1. The molecule has 3 aromatic heterocycles. The number of nitrogens with one attached hydrogen (secondary N) is 1. The third kappa shape index (κ3) is 2.58. The van der Waals surface area contributed by atoms with Gasteiger partial charge in [0.15, 0.2) is 5.76 Å². The molecule has 4 rings (SSSR count). The quantitative estimate of drug-likeness (QED) is 0.556. The highest BCUT2D eigenvalue weighted by molar-refractivity contribution is 6.30. The first-order valence-corrected chi connectivity index (χ1v) is 7.64. The number of pyridine rings is 1. The average molecular weight is 324 g/mol. The number of imidazole rings is 1. The number of rotatable bonds is 3. The summed E-state index contributed by atoms with van der Waals surface area (Å²) in [5, 5.41) is 4.08. The van der Waals surface area contributed by atoms with Crippen molar-refractivity contribution in [3.63, 3.8) is 0 Å². The van der Waals surface area contributed by atoms with Crippen LogP contribution in [0.2, 0.25) is 5.02 Å². The van der Waals surface area contributed by atoms with E-state index in [2.05, 4.69) is 5.32 Å². The maximum Gasteiger partial charge on any atom is 0.156 e. The van der Waals surface area contributed by atoms with E-state index in [1.54, 1.807) is 6.26 Å². The zero-order chi connectivity index (χ0) is 15.8. The molecule has 1 aromatic carbocycles. The molecule has 4 aromatic rings. The highest BCUT2D eigenvalue weighted by Crippen LogP contribution is 2.32. The van der Waals surface area contributed by atoms with Gasteiger partial charge in [-0.3, -0.25) is 4.40 Å². The van der Waals surface area contributed by atoms with Gasteiger partial charge in [-0.15, -0.1) is 0 Å². The summed E-state index contributed by atoms with van der Waals surface area (Å²) in [7, 11) is 0. The molecule has 0 amide bonds.